The number of likely N-dealkylation sites (tertiary alicyclic amines) is 1. The Hall–Kier alpha value is -1.44. The summed E-state index contributed by atoms with van der Waals surface area (Å²) in [7, 11) is 2.02. The Kier molecular flexibility index (Phi) is 3.73. The van der Waals surface area contributed by atoms with Crippen LogP contribution >= 0.6 is 11.3 Å². The van der Waals surface area contributed by atoms with E-state index in [0.29, 0.717) is 17.7 Å². The Morgan fingerprint density at radius 2 is 2.14 bits per heavy atom. The summed E-state index contributed by atoms with van der Waals surface area (Å²) in [4.78, 5) is 28.4. The van der Waals surface area contributed by atoms with Crippen LogP contribution < -0.4 is 0 Å². The predicted octanol–water partition coefficient (Wildman–Crippen LogP) is 1.10. The molecule has 0 unspecified atom stereocenters. The first kappa shape index (κ1) is 14.5. The number of amides is 1. The van der Waals surface area contributed by atoms with Gasteiger partial charge in [0.05, 0.1) is 11.5 Å². The monoisotopic (exact) mass is 310 g/mol. The number of hydrogen-bond acceptors (Lipinski definition) is 5. The van der Waals surface area contributed by atoms with Gasteiger partial charge >= 0.3 is 5.97 Å². The molecule has 1 aromatic heterocycles. The van der Waals surface area contributed by atoms with Gasteiger partial charge < -0.3 is 14.7 Å². The molecule has 0 bridgehead atoms. The molecule has 2 aliphatic rings. The van der Waals surface area contributed by atoms with E-state index in [4.69, 9.17) is 4.74 Å². The van der Waals surface area contributed by atoms with Crippen molar-refractivity contribution in [2.24, 2.45) is 0 Å². The first-order chi connectivity index (χ1) is 10.0. The summed E-state index contributed by atoms with van der Waals surface area (Å²) < 4.78 is 5.84. The zero-order valence-electron chi connectivity index (χ0n) is 11.8. The maximum Gasteiger partial charge on any atom is 0.328 e. The SMILES string of the molecule is CN1CCC2(CC1)OC[C@H](C(=O)O)N2C(=O)c1cccs1. The van der Waals surface area contributed by atoms with Crippen LogP contribution in [-0.4, -0.2) is 65.3 Å². The van der Waals surface area contributed by atoms with E-state index in [1.54, 1.807) is 12.1 Å². The van der Waals surface area contributed by atoms with Gasteiger partial charge in [0.15, 0.2) is 6.04 Å². The van der Waals surface area contributed by atoms with Gasteiger partial charge in [-0.1, -0.05) is 6.07 Å². The Bertz CT molecular complexity index is 537. The number of carbonyl (C=O) groups excluding carboxylic acids is 1. The standard InChI is InChI=1S/C14H18N2O4S/c1-15-6-4-14(5-7-15)16(10(9-20-14)13(18)19)12(17)11-3-2-8-21-11/h2-3,8,10H,4-7,9H2,1H3,(H,18,19)/t10-/m1/s1. The molecule has 6 nitrogen and oxygen atoms in total. The second kappa shape index (κ2) is 5.40. The smallest absolute Gasteiger partial charge is 0.328 e. The molecule has 0 saturated carbocycles. The van der Waals surface area contributed by atoms with Crippen LogP contribution in [0.5, 0.6) is 0 Å². The van der Waals surface area contributed by atoms with Crippen LogP contribution in [0.3, 0.4) is 0 Å². The number of aliphatic carboxylic acids is 1. The number of nitrogens with zero attached hydrogens (tertiary/aromatic N) is 2. The average Bonchev–Trinajstić information content (AvgIpc) is 3.10. The third-order valence-electron chi connectivity index (χ3n) is 4.26. The van der Waals surface area contributed by atoms with E-state index in [1.807, 2.05) is 12.4 Å². The van der Waals surface area contributed by atoms with Crippen LogP contribution in [0.15, 0.2) is 17.5 Å². The molecule has 2 aliphatic heterocycles. The van der Waals surface area contributed by atoms with E-state index in [0.717, 1.165) is 13.1 Å². The minimum absolute atomic E-state index is 0.0656. The lowest BCUT2D eigenvalue weighted by Crippen LogP contribution is -2.57. The summed E-state index contributed by atoms with van der Waals surface area (Å²) in [5.74, 6) is -1.24. The maximum atomic E-state index is 12.8. The second-order valence-corrected chi connectivity index (χ2v) is 6.51. The summed E-state index contributed by atoms with van der Waals surface area (Å²) in [6.07, 6.45) is 1.29. The number of thiophene rings is 1. The van der Waals surface area contributed by atoms with Gasteiger partial charge in [-0.15, -0.1) is 11.3 Å². The number of ether oxygens (including phenoxy) is 1. The van der Waals surface area contributed by atoms with Crippen LogP contribution in [0.2, 0.25) is 0 Å². The molecule has 3 rings (SSSR count). The third kappa shape index (κ3) is 2.45. The molecular weight excluding hydrogens is 292 g/mol. The molecule has 0 aromatic carbocycles. The molecule has 1 N–H and O–H groups in total. The van der Waals surface area contributed by atoms with Crippen LogP contribution in [0, 0.1) is 0 Å². The summed E-state index contributed by atoms with van der Waals surface area (Å²) >= 11 is 1.33. The van der Waals surface area contributed by atoms with Crippen LogP contribution in [0.1, 0.15) is 22.5 Å². The Labute approximate surface area is 126 Å². The fourth-order valence-corrected chi connectivity index (χ4v) is 3.70. The largest absolute Gasteiger partial charge is 0.480 e. The molecule has 0 aliphatic carbocycles. The van der Waals surface area contributed by atoms with Gasteiger partial charge in [0.25, 0.3) is 5.91 Å². The topological polar surface area (TPSA) is 70.1 Å². The average molecular weight is 310 g/mol. The van der Waals surface area contributed by atoms with Gasteiger partial charge in [-0.2, -0.15) is 0 Å². The number of hydrogen-bond donors (Lipinski definition) is 1. The van der Waals surface area contributed by atoms with Crippen molar-refractivity contribution in [3.63, 3.8) is 0 Å². The normalized spacial score (nSPS) is 25.4. The first-order valence-corrected chi connectivity index (χ1v) is 7.84. The van der Waals surface area contributed by atoms with Gasteiger partial charge in [0.1, 0.15) is 5.72 Å². The molecular formula is C14H18N2O4S. The number of carboxylic acid groups (broad SMARTS) is 1. The van der Waals surface area contributed by atoms with E-state index in [9.17, 15) is 14.7 Å². The number of piperidine rings is 1. The van der Waals surface area contributed by atoms with E-state index >= 15 is 0 Å². The van der Waals surface area contributed by atoms with Crippen LogP contribution in [0.4, 0.5) is 0 Å². The lowest BCUT2D eigenvalue weighted by molar-refractivity contribution is -0.143. The molecule has 1 atom stereocenters. The number of carboxylic acids is 1. The zero-order chi connectivity index (χ0) is 15.0. The van der Waals surface area contributed by atoms with E-state index in [-0.39, 0.29) is 12.5 Å². The van der Waals surface area contributed by atoms with Gasteiger partial charge in [-0.05, 0) is 18.5 Å². The molecule has 1 spiro atoms. The van der Waals surface area contributed by atoms with Crippen molar-refractivity contribution in [3.8, 4) is 0 Å². The zero-order valence-corrected chi connectivity index (χ0v) is 12.6. The molecule has 1 aromatic rings. The van der Waals surface area contributed by atoms with Gasteiger partial charge in [0, 0.05) is 25.9 Å². The van der Waals surface area contributed by atoms with Crippen molar-refractivity contribution in [1.82, 2.24) is 9.80 Å². The Balaban J connectivity index is 1.93. The van der Waals surface area contributed by atoms with Gasteiger partial charge in [-0.3, -0.25) is 9.69 Å². The fraction of sp³-hybridized carbons (Fsp3) is 0.571. The lowest BCUT2D eigenvalue weighted by atomic mass is 9.98. The highest BCUT2D eigenvalue weighted by Gasteiger charge is 2.53. The van der Waals surface area contributed by atoms with E-state index in [1.165, 1.54) is 16.2 Å². The van der Waals surface area contributed by atoms with Crippen molar-refractivity contribution in [3.05, 3.63) is 22.4 Å². The Morgan fingerprint density at radius 1 is 1.43 bits per heavy atom. The molecule has 0 radical (unpaired) electrons. The van der Waals surface area contributed by atoms with E-state index < -0.39 is 17.7 Å². The summed E-state index contributed by atoms with van der Waals surface area (Å²) in [6.45, 7) is 1.65. The minimum atomic E-state index is -1.00. The fourth-order valence-electron chi connectivity index (χ4n) is 3.04. The second-order valence-electron chi connectivity index (χ2n) is 5.57. The third-order valence-corrected chi connectivity index (χ3v) is 5.12. The highest BCUT2D eigenvalue weighted by Crippen LogP contribution is 2.38. The molecule has 114 valence electrons. The van der Waals surface area contributed by atoms with E-state index in [2.05, 4.69) is 4.90 Å². The molecule has 21 heavy (non-hydrogen) atoms. The van der Waals surface area contributed by atoms with Crippen molar-refractivity contribution >= 4 is 23.2 Å². The molecule has 2 saturated heterocycles. The minimum Gasteiger partial charge on any atom is -0.480 e. The molecule has 7 heteroatoms. The van der Waals surface area contributed by atoms with Crippen molar-refractivity contribution in [2.75, 3.05) is 26.7 Å². The van der Waals surface area contributed by atoms with Crippen LogP contribution in [-0.2, 0) is 9.53 Å². The Morgan fingerprint density at radius 3 is 2.71 bits per heavy atom. The van der Waals surface area contributed by atoms with Gasteiger partial charge in [-0.25, -0.2) is 4.79 Å². The maximum absolute atomic E-state index is 12.8. The molecule has 2 fully saturated rings. The number of carbonyl (C=O) groups is 2. The van der Waals surface area contributed by atoms with Crippen molar-refractivity contribution in [2.45, 2.75) is 24.6 Å². The van der Waals surface area contributed by atoms with Crippen molar-refractivity contribution in [1.29, 1.82) is 0 Å². The van der Waals surface area contributed by atoms with Gasteiger partial charge in [0.2, 0.25) is 0 Å². The highest BCUT2D eigenvalue weighted by atomic mass is 32.1. The number of rotatable bonds is 2. The summed E-state index contributed by atoms with van der Waals surface area (Å²) in [5.41, 5.74) is -0.767. The quantitative estimate of drug-likeness (QED) is 0.885. The van der Waals surface area contributed by atoms with Crippen molar-refractivity contribution < 1.29 is 19.4 Å². The predicted molar refractivity (Wildman–Crippen MR) is 77.3 cm³/mol. The molecule has 3 heterocycles. The van der Waals surface area contributed by atoms with Crippen LogP contribution in [0.25, 0.3) is 0 Å². The molecule has 1 amide bonds. The highest BCUT2D eigenvalue weighted by molar-refractivity contribution is 7.12. The summed E-state index contributed by atoms with van der Waals surface area (Å²) in [5, 5.41) is 11.2. The first-order valence-electron chi connectivity index (χ1n) is 6.96. The summed E-state index contributed by atoms with van der Waals surface area (Å²) in [6, 6.07) is 2.63. The lowest BCUT2D eigenvalue weighted by Gasteiger charge is -2.43.